The Morgan fingerprint density at radius 2 is 1.68 bits per heavy atom. The van der Waals surface area contributed by atoms with Gasteiger partial charge in [-0.15, -0.1) is 0 Å². The number of H-pyrrole nitrogens is 1. The number of aromatic hydroxyl groups is 3. The maximum atomic E-state index is 13.9. The number of cyclic esters (lactones) is 1. The van der Waals surface area contributed by atoms with E-state index in [1.807, 2.05) is 52.8 Å². The Kier molecular flexibility index (Phi) is 10.6. The van der Waals surface area contributed by atoms with Gasteiger partial charge in [0.2, 0.25) is 6.10 Å². The Hall–Kier alpha value is -6.94. The third-order valence-electron chi connectivity index (χ3n) is 12.7. The van der Waals surface area contributed by atoms with Crippen molar-refractivity contribution in [2.75, 3.05) is 13.1 Å². The summed E-state index contributed by atoms with van der Waals surface area (Å²) in [4.78, 5) is 62.8. The lowest BCUT2D eigenvalue weighted by molar-refractivity contribution is -0.158. The molecular weight excluding hydrogens is 807 g/mol. The van der Waals surface area contributed by atoms with E-state index in [9.17, 15) is 34.5 Å². The number of aromatic nitrogens is 5. The van der Waals surface area contributed by atoms with Crippen LogP contribution in [0.25, 0.3) is 39.4 Å². The second-order valence-electron chi connectivity index (χ2n) is 16.5. The second kappa shape index (κ2) is 16.1. The molecule has 3 aromatic heterocycles. The maximum absolute atomic E-state index is 13.9. The van der Waals surface area contributed by atoms with Crippen LogP contribution in [0.5, 0.6) is 17.2 Å². The number of esters is 1. The van der Waals surface area contributed by atoms with Crippen LogP contribution in [-0.4, -0.2) is 80.6 Å². The third kappa shape index (κ3) is 6.98. The van der Waals surface area contributed by atoms with Crippen molar-refractivity contribution >= 4 is 23.0 Å². The molecule has 0 aliphatic carbocycles. The first-order chi connectivity index (χ1) is 30.4. The van der Waals surface area contributed by atoms with Crippen molar-refractivity contribution in [2.24, 2.45) is 0 Å². The maximum Gasteiger partial charge on any atom is 0.410 e. The molecule has 16 nitrogen and oxygen atoms in total. The summed E-state index contributed by atoms with van der Waals surface area (Å²) in [5.41, 5.74) is 7.14. The number of phenols is 3. The topological polar surface area (TPSA) is 205 Å². The van der Waals surface area contributed by atoms with E-state index in [0.29, 0.717) is 84.7 Å². The molecule has 0 spiro atoms. The van der Waals surface area contributed by atoms with Crippen molar-refractivity contribution in [1.82, 2.24) is 34.1 Å². The van der Waals surface area contributed by atoms with Gasteiger partial charge in [0, 0.05) is 54.8 Å². The number of fused-ring (bicyclic) bond motifs is 6. The zero-order valence-electron chi connectivity index (χ0n) is 35.8. The molecule has 1 unspecified atom stereocenters. The molecule has 3 aromatic carbocycles. The number of aryl methyl sites for hydroxylation is 1. The van der Waals surface area contributed by atoms with Gasteiger partial charge in [-0.05, 0) is 89.9 Å². The number of aromatic amines is 1. The summed E-state index contributed by atoms with van der Waals surface area (Å²) < 4.78 is 14.3. The molecule has 1 saturated heterocycles. The largest absolute Gasteiger partial charge is 0.508 e. The van der Waals surface area contributed by atoms with Crippen molar-refractivity contribution < 1.29 is 34.4 Å². The van der Waals surface area contributed by atoms with Gasteiger partial charge in [0.15, 0.2) is 5.82 Å². The monoisotopic (exact) mass is 855 g/mol. The number of likely N-dealkylation sites (tertiary alicyclic amines) is 1. The SMILES string of the molecule is CC.CCc1c2c(nc3ccc(O)cc13)-c1cc3c(c(=O)n1C2)COC(=O)C3OC(=O)N1CCC(N2Cc3ccc(-n4c(-c5cc(C(C)C)c(O)cc5O)n[nH]c4=O)cc3C2)CC1. The van der Waals surface area contributed by atoms with Gasteiger partial charge in [0.05, 0.1) is 40.3 Å². The van der Waals surface area contributed by atoms with E-state index >= 15 is 0 Å². The van der Waals surface area contributed by atoms with Gasteiger partial charge in [-0.2, -0.15) is 5.10 Å². The van der Waals surface area contributed by atoms with Crippen LogP contribution in [0.15, 0.2) is 64.2 Å². The number of nitrogens with one attached hydrogen (secondary N) is 1. The number of rotatable bonds is 6. The molecule has 1 atom stereocenters. The van der Waals surface area contributed by atoms with Gasteiger partial charge >= 0.3 is 17.8 Å². The molecule has 0 bridgehead atoms. The van der Waals surface area contributed by atoms with E-state index in [0.717, 1.165) is 27.6 Å². The predicted octanol–water partition coefficient (Wildman–Crippen LogP) is 6.51. The Morgan fingerprint density at radius 1 is 0.921 bits per heavy atom. The Morgan fingerprint density at radius 3 is 2.43 bits per heavy atom. The summed E-state index contributed by atoms with van der Waals surface area (Å²) >= 11 is 0. The number of phenolic OH excluding ortho intramolecular Hbond substituents is 3. The van der Waals surface area contributed by atoms with Crippen LogP contribution in [0.1, 0.15) is 98.4 Å². The van der Waals surface area contributed by atoms with E-state index in [1.165, 1.54) is 10.6 Å². The minimum atomic E-state index is -1.42. The van der Waals surface area contributed by atoms with E-state index in [-0.39, 0.29) is 59.3 Å². The smallest absolute Gasteiger partial charge is 0.410 e. The first-order valence-corrected chi connectivity index (χ1v) is 21.5. The molecule has 4 N–H and O–H groups in total. The molecule has 0 saturated carbocycles. The molecule has 4 aliphatic heterocycles. The van der Waals surface area contributed by atoms with Crippen LogP contribution in [0.2, 0.25) is 0 Å². The number of hydrogen-bond acceptors (Lipinski definition) is 12. The molecule has 16 heteroatoms. The van der Waals surface area contributed by atoms with Crippen LogP contribution in [0.4, 0.5) is 4.79 Å². The summed E-state index contributed by atoms with van der Waals surface area (Å²) in [6, 6.07) is 15.6. The third-order valence-corrected chi connectivity index (χ3v) is 12.7. The van der Waals surface area contributed by atoms with Gasteiger partial charge in [0.1, 0.15) is 23.9 Å². The van der Waals surface area contributed by atoms with Gasteiger partial charge in [-0.1, -0.05) is 40.7 Å². The molecular formula is C47H49N7O9. The van der Waals surface area contributed by atoms with Crippen LogP contribution in [0, 0.1) is 0 Å². The standard InChI is InChI=1S/C45H43N7O9.C2H6/c1-4-28-30-14-27(53)7-8-35(30)46-39-33(28)20-51-36(39)16-31-34(42(51)56)21-60-43(57)40(31)61-45(59)49-11-9-25(10-12-49)50-18-23-5-6-26(13-24(23)19-50)52-41(47-48-44(52)58)32-15-29(22(2)3)37(54)17-38(32)55;1-2/h5-8,13-17,22,25,40,53-55H,4,9-12,18-21H2,1-3H3,(H,48,58);1-2H3. The number of carbonyl (C=O) groups excluding carboxylic acids is 2. The average molecular weight is 856 g/mol. The quantitative estimate of drug-likeness (QED) is 0.132. The van der Waals surface area contributed by atoms with E-state index in [4.69, 9.17) is 14.5 Å². The zero-order chi connectivity index (χ0) is 44.4. The molecule has 6 aromatic rings. The molecule has 7 heterocycles. The highest BCUT2D eigenvalue weighted by molar-refractivity contribution is 5.89. The minimum Gasteiger partial charge on any atom is -0.508 e. The molecule has 1 fully saturated rings. The Labute approximate surface area is 362 Å². The summed E-state index contributed by atoms with van der Waals surface area (Å²) in [6.45, 7) is 12.0. The molecule has 326 valence electrons. The number of benzene rings is 3. The number of hydrogen-bond donors (Lipinski definition) is 4. The number of pyridine rings is 2. The molecule has 63 heavy (non-hydrogen) atoms. The molecule has 0 radical (unpaired) electrons. The number of carbonyl (C=O) groups is 2. The van der Waals surface area contributed by atoms with Crippen molar-refractivity contribution in [3.63, 3.8) is 0 Å². The fourth-order valence-electron chi connectivity index (χ4n) is 9.54. The molecule has 10 rings (SSSR count). The Balaban J connectivity index is 0.00000249. The first-order valence-electron chi connectivity index (χ1n) is 21.5. The summed E-state index contributed by atoms with van der Waals surface area (Å²) in [5, 5.41) is 38.9. The second-order valence-corrected chi connectivity index (χ2v) is 16.5. The highest BCUT2D eigenvalue weighted by Crippen LogP contribution is 2.41. The van der Waals surface area contributed by atoms with Gasteiger partial charge < -0.3 is 34.3 Å². The number of amides is 1. The number of piperidine rings is 1. The van der Waals surface area contributed by atoms with E-state index < -0.39 is 23.9 Å². The highest BCUT2D eigenvalue weighted by Gasteiger charge is 2.40. The lowest BCUT2D eigenvalue weighted by Crippen LogP contribution is -2.46. The molecule has 1 amide bonds. The highest BCUT2D eigenvalue weighted by atomic mass is 16.6. The average Bonchev–Trinajstić information content (AvgIpc) is 3.99. The number of ether oxygens (including phenoxy) is 2. The van der Waals surface area contributed by atoms with E-state index in [2.05, 4.69) is 15.1 Å². The first kappa shape index (κ1) is 41.4. The van der Waals surface area contributed by atoms with Crippen LogP contribution < -0.4 is 11.2 Å². The summed E-state index contributed by atoms with van der Waals surface area (Å²) in [7, 11) is 0. The van der Waals surface area contributed by atoms with Gasteiger partial charge in [-0.3, -0.25) is 9.69 Å². The van der Waals surface area contributed by atoms with Crippen molar-refractivity contribution in [3.8, 4) is 45.7 Å². The van der Waals surface area contributed by atoms with Crippen molar-refractivity contribution in [3.05, 3.63) is 114 Å². The fraction of sp³-hybridized carbons (Fsp3) is 0.362. The predicted molar refractivity (Wildman–Crippen MR) is 233 cm³/mol. The normalized spacial score (nSPS) is 16.9. The van der Waals surface area contributed by atoms with Crippen molar-refractivity contribution in [1.29, 1.82) is 0 Å². The summed E-state index contributed by atoms with van der Waals surface area (Å²) in [5.74, 6) is -0.646. The number of nitrogens with zero attached hydrogens (tertiary/aromatic N) is 6. The minimum absolute atomic E-state index is 0.0319. The summed E-state index contributed by atoms with van der Waals surface area (Å²) in [6.07, 6.45) is -0.104. The lowest BCUT2D eigenvalue weighted by atomic mass is 9.97. The van der Waals surface area contributed by atoms with Crippen LogP contribution in [-0.2, 0) is 46.9 Å². The lowest BCUT2D eigenvalue weighted by Gasteiger charge is -2.36. The van der Waals surface area contributed by atoms with E-state index in [1.54, 1.807) is 39.8 Å². The van der Waals surface area contributed by atoms with Gasteiger partial charge in [0.25, 0.3) is 5.56 Å². The fourth-order valence-corrected chi connectivity index (χ4v) is 9.54. The molecule has 4 aliphatic rings. The van der Waals surface area contributed by atoms with Gasteiger partial charge in [-0.25, -0.2) is 29.0 Å². The van der Waals surface area contributed by atoms with Crippen LogP contribution in [0.3, 0.4) is 0 Å². The Bertz CT molecular complexity index is 2960. The van der Waals surface area contributed by atoms with Crippen molar-refractivity contribution in [2.45, 2.75) is 98.2 Å². The van der Waals surface area contributed by atoms with Crippen LogP contribution >= 0.6 is 0 Å². The zero-order valence-corrected chi connectivity index (χ0v) is 35.8.